The number of hydrogen-bond acceptors (Lipinski definition) is 2. The van der Waals surface area contributed by atoms with E-state index in [4.69, 9.17) is 5.21 Å². The van der Waals surface area contributed by atoms with E-state index in [9.17, 15) is 0 Å². The summed E-state index contributed by atoms with van der Waals surface area (Å²) in [7, 11) is 0. The number of halogens is 1. The molecule has 1 aromatic rings. The summed E-state index contributed by atoms with van der Waals surface area (Å²) in [5, 5.41) is 8.20. The SMILES string of the molecule is ONC=Nc1cccc(I)c1. The van der Waals surface area contributed by atoms with Crippen LogP contribution in [-0.2, 0) is 0 Å². The van der Waals surface area contributed by atoms with Gasteiger partial charge in [0.05, 0.1) is 5.69 Å². The number of aliphatic imine (C=N–C) groups is 1. The Labute approximate surface area is 78.3 Å². The molecule has 3 nitrogen and oxygen atoms in total. The van der Waals surface area contributed by atoms with Crippen LogP contribution in [0.25, 0.3) is 0 Å². The zero-order valence-electron chi connectivity index (χ0n) is 5.66. The molecule has 0 aliphatic heterocycles. The highest BCUT2D eigenvalue weighted by Crippen LogP contribution is 2.14. The molecule has 1 aromatic carbocycles. The number of nitrogens with one attached hydrogen (secondary N) is 1. The third-order valence-corrected chi connectivity index (χ3v) is 1.75. The van der Waals surface area contributed by atoms with Gasteiger partial charge < -0.3 is 0 Å². The summed E-state index contributed by atoms with van der Waals surface area (Å²) in [6, 6.07) is 7.65. The molecule has 0 spiro atoms. The standard InChI is InChI=1S/C7H7IN2O/c8-6-2-1-3-7(4-6)9-5-10-11/h1-5,11H,(H,9,10). The fraction of sp³-hybridized carbons (Fsp3) is 0. The van der Waals surface area contributed by atoms with E-state index in [2.05, 4.69) is 27.6 Å². The van der Waals surface area contributed by atoms with Crippen LogP contribution in [0.5, 0.6) is 0 Å². The maximum Gasteiger partial charge on any atom is 0.113 e. The van der Waals surface area contributed by atoms with Crippen LogP contribution in [0, 0.1) is 3.57 Å². The van der Waals surface area contributed by atoms with Crippen molar-refractivity contribution in [3.63, 3.8) is 0 Å². The first-order valence-corrected chi connectivity index (χ1v) is 4.08. The summed E-state index contributed by atoms with van der Waals surface area (Å²) in [4.78, 5) is 3.89. The fourth-order valence-corrected chi connectivity index (χ4v) is 1.19. The molecular formula is C7H7IN2O. The molecule has 11 heavy (non-hydrogen) atoms. The van der Waals surface area contributed by atoms with Crippen molar-refractivity contribution in [1.29, 1.82) is 0 Å². The first-order valence-electron chi connectivity index (χ1n) is 3.00. The van der Waals surface area contributed by atoms with E-state index in [0.717, 1.165) is 9.26 Å². The maximum atomic E-state index is 8.20. The molecule has 0 amide bonds. The van der Waals surface area contributed by atoms with Gasteiger partial charge in [-0.15, -0.1) is 0 Å². The minimum Gasteiger partial charge on any atom is -0.290 e. The monoisotopic (exact) mass is 262 g/mol. The van der Waals surface area contributed by atoms with Crippen LogP contribution in [0.3, 0.4) is 0 Å². The molecule has 0 fully saturated rings. The van der Waals surface area contributed by atoms with E-state index in [0.29, 0.717) is 0 Å². The van der Waals surface area contributed by atoms with Gasteiger partial charge in [0.1, 0.15) is 6.34 Å². The van der Waals surface area contributed by atoms with Crippen molar-refractivity contribution >= 4 is 34.6 Å². The summed E-state index contributed by atoms with van der Waals surface area (Å²) in [5.41, 5.74) is 2.66. The third-order valence-electron chi connectivity index (χ3n) is 1.08. The van der Waals surface area contributed by atoms with Crippen molar-refractivity contribution in [1.82, 2.24) is 5.48 Å². The molecule has 0 atom stereocenters. The Morgan fingerprint density at radius 2 is 2.36 bits per heavy atom. The van der Waals surface area contributed by atoms with Crippen LogP contribution in [0.4, 0.5) is 5.69 Å². The molecule has 0 unspecified atom stereocenters. The molecule has 0 heterocycles. The lowest BCUT2D eigenvalue weighted by Gasteiger charge is -1.92. The molecule has 0 aliphatic rings. The lowest BCUT2D eigenvalue weighted by molar-refractivity contribution is 0.240. The van der Waals surface area contributed by atoms with Gasteiger partial charge in [-0.3, -0.25) is 10.7 Å². The molecule has 58 valence electrons. The molecule has 1 rings (SSSR count). The second kappa shape index (κ2) is 4.30. The summed E-state index contributed by atoms with van der Waals surface area (Å²) >= 11 is 2.20. The number of hydrogen-bond donors (Lipinski definition) is 2. The number of benzene rings is 1. The van der Waals surface area contributed by atoms with Gasteiger partial charge in [-0.25, -0.2) is 4.99 Å². The molecule has 4 heteroatoms. The predicted octanol–water partition coefficient (Wildman–Crippen LogP) is 1.93. The van der Waals surface area contributed by atoms with E-state index >= 15 is 0 Å². The van der Waals surface area contributed by atoms with Crippen molar-refractivity contribution < 1.29 is 5.21 Å². The fourth-order valence-electron chi connectivity index (χ4n) is 0.660. The molecular weight excluding hydrogens is 255 g/mol. The van der Waals surface area contributed by atoms with Crippen LogP contribution >= 0.6 is 22.6 Å². The van der Waals surface area contributed by atoms with Crippen LogP contribution in [0.15, 0.2) is 29.3 Å². The molecule has 0 aromatic heterocycles. The summed E-state index contributed by atoms with van der Waals surface area (Å²) in [5.74, 6) is 0. The van der Waals surface area contributed by atoms with E-state index in [1.165, 1.54) is 6.34 Å². The van der Waals surface area contributed by atoms with Crippen LogP contribution < -0.4 is 5.48 Å². The molecule has 0 radical (unpaired) electrons. The van der Waals surface area contributed by atoms with Gasteiger partial charge in [0.25, 0.3) is 0 Å². The highest BCUT2D eigenvalue weighted by atomic mass is 127. The first kappa shape index (κ1) is 8.48. The summed E-state index contributed by atoms with van der Waals surface area (Å²) < 4.78 is 1.12. The largest absolute Gasteiger partial charge is 0.290 e. The third kappa shape index (κ3) is 2.85. The smallest absolute Gasteiger partial charge is 0.113 e. The van der Waals surface area contributed by atoms with Crippen LogP contribution in [-0.4, -0.2) is 11.5 Å². The Hall–Kier alpha value is -0.620. The molecule has 0 aliphatic carbocycles. The normalized spacial score (nSPS) is 10.4. The van der Waals surface area contributed by atoms with Gasteiger partial charge in [0.15, 0.2) is 0 Å². The minimum absolute atomic E-state index is 0.818. The van der Waals surface area contributed by atoms with Crippen molar-refractivity contribution in [2.75, 3.05) is 0 Å². The maximum absolute atomic E-state index is 8.20. The summed E-state index contributed by atoms with van der Waals surface area (Å²) in [6.45, 7) is 0. The second-order valence-corrected chi connectivity index (χ2v) is 3.11. The van der Waals surface area contributed by atoms with E-state index < -0.39 is 0 Å². The van der Waals surface area contributed by atoms with Crippen molar-refractivity contribution in [3.05, 3.63) is 27.8 Å². The van der Waals surface area contributed by atoms with E-state index in [1.54, 1.807) is 0 Å². The molecule has 0 saturated heterocycles. The topological polar surface area (TPSA) is 44.6 Å². The Kier molecular flexibility index (Phi) is 3.31. The Bertz CT molecular complexity index is 262. The Morgan fingerprint density at radius 1 is 1.55 bits per heavy atom. The van der Waals surface area contributed by atoms with Gasteiger partial charge in [0.2, 0.25) is 0 Å². The minimum atomic E-state index is 0.818. The lowest BCUT2D eigenvalue weighted by Crippen LogP contribution is -2.00. The molecule has 0 saturated carbocycles. The van der Waals surface area contributed by atoms with Crippen LogP contribution in [0.1, 0.15) is 0 Å². The van der Waals surface area contributed by atoms with Gasteiger partial charge in [-0.05, 0) is 40.8 Å². The number of hydroxylamine groups is 1. The number of rotatable bonds is 2. The first-order chi connectivity index (χ1) is 5.33. The van der Waals surface area contributed by atoms with Gasteiger partial charge in [-0.2, -0.15) is 0 Å². The highest BCUT2D eigenvalue weighted by molar-refractivity contribution is 14.1. The Balaban J connectivity index is 2.79. The van der Waals surface area contributed by atoms with E-state index in [1.807, 2.05) is 29.7 Å². The molecule has 0 bridgehead atoms. The lowest BCUT2D eigenvalue weighted by atomic mass is 10.3. The number of nitrogens with zero attached hydrogens (tertiary/aromatic N) is 1. The predicted molar refractivity (Wildman–Crippen MR) is 52.2 cm³/mol. The van der Waals surface area contributed by atoms with E-state index in [-0.39, 0.29) is 0 Å². The van der Waals surface area contributed by atoms with Gasteiger partial charge in [0, 0.05) is 3.57 Å². The quantitative estimate of drug-likeness (QED) is 0.370. The van der Waals surface area contributed by atoms with Crippen LogP contribution in [0.2, 0.25) is 0 Å². The highest BCUT2D eigenvalue weighted by Gasteiger charge is 1.87. The summed E-state index contributed by atoms with van der Waals surface area (Å²) in [6.07, 6.45) is 1.23. The zero-order valence-corrected chi connectivity index (χ0v) is 7.82. The van der Waals surface area contributed by atoms with Crippen molar-refractivity contribution in [2.45, 2.75) is 0 Å². The Morgan fingerprint density at radius 3 is 3.00 bits per heavy atom. The zero-order chi connectivity index (χ0) is 8.10. The molecule has 2 N–H and O–H groups in total. The van der Waals surface area contributed by atoms with Gasteiger partial charge >= 0.3 is 0 Å². The van der Waals surface area contributed by atoms with Crippen molar-refractivity contribution in [3.8, 4) is 0 Å². The van der Waals surface area contributed by atoms with Gasteiger partial charge in [-0.1, -0.05) is 6.07 Å². The second-order valence-electron chi connectivity index (χ2n) is 1.87. The van der Waals surface area contributed by atoms with Crippen molar-refractivity contribution in [2.24, 2.45) is 4.99 Å². The average Bonchev–Trinajstić information content (AvgIpc) is 2.01. The average molecular weight is 262 g/mol.